The molecule has 2 aromatic rings. The van der Waals surface area contributed by atoms with Gasteiger partial charge in [-0.25, -0.2) is 4.98 Å². The molecule has 50 valence electrons. The second-order valence-corrected chi connectivity index (χ2v) is 2.33. The molecule has 0 saturated heterocycles. The van der Waals surface area contributed by atoms with Gasteiger partial charge in [-0.3, -0.25) is 5.10 Å². The molecule has 1 N–H and O–H groups in total. The molecule has 0 aromatic carbocycles. The highest BCUT2D eigenvalue weighted by Gasteiger charge is 1.99. The first kappa shape index (κ1) is 5.55. The predicted molar refractivity (Wildman–Crippen MR) is 37.5 cm³/mol. The van der Waals surface area contributed by atoms with E-state index in [0.29, 0.717) is 5.82 Å². The highest BCUT2D eigenvalue weighted by atomic mass is 32.1. The molecule has 0 saturated carbocycles. The van der Waals surface area contributed by atoms with E-state index < -0.39 is 0 Å². The summed E-state index contributed by atoms with van der Waals surface area (Å²) >= 11 is 1.33. The normalized spacial score (nSPS) is 10.0. The van der Waals surface area contributed by atoms with Gasteiger partial charge in [-0.2, -0.15) is 9.47 Å². The number of nitrogens with zero attached hydrogens (tertiary/aromatic N) is 3. The third-order valence-electron chi connectivity index (χ3n) is 1.10. The van der Waals surface area contributed by atoms with Crippen molar-refractivity contribution in [2.45, 2.75) is 0 Å². The lowest BCUT2D eigenvalue weighted by molar-refractivity contribution is 1.08. The van der Waals surface area contributed by atoms with Gasteiger partial charge in [-0.1, -0.05) is 0 Å². The van der Waals surface area contributed by atoms with Crippen LogP contribution >= 0.6 is 11.5 Å². The van der Waals surface area contributed by atoms with E-state index in [1.54, 1.807) is 11.7 Å². The number of aromatic nitrogens is 4. The lowest BCUT2D eigenvalue weighted by Crippen LogP contribution is -1.78. The number of hydrogen-bond acceptors (Lipinski definition) is 4. The summed E-state index contributed by atoms with van der Waals surface area (Å²) in [6.07, 6.45) is 1.68. The molecule has 0 bridgehead atoms. The Morgan fingerprint density at radius 2 is 2.50 bits per heavy atom. The third kappa shape index (κ3) is 0.801. The van der Waals surface area contributed by atoms with E-state index in [4.69, 9.17) is 0 Å². The topological polar surface area (TPSA) is 54.5 Å². The molecule has 0 unspecified atom stereocenters. The van der Waals surface area contributed by atoms with Gasteiger partial charge in [0.15, 0.2) is 5.82 Å². The van der Waals surface area contributed by atoms with Crippen LogP contribution in [0.15, 0.2) is 17.8 Å². The molecule has 2 heterocycles. The largest absolute Gasteiger partial charge is 0.275 e. The zero-order valence-corrected chi connectivity index (χ0v) is 5.80. The van der Waals surface area contributed by atoms with Gasteiger partial charge >= 0.3 is 0 Å². The predicted octanol–water partition coefficient (Wildman–Crippen LogP) is 0.928. The summed E-state index contributed by atoms with van der Waals surface area (Å²) in [7, 11) is 0. The van der Waals surface area contributed by atoms with Gasteiger partial charge in [-0.15, -0.1) is 0 Å². The van der Waals surface area contributed by atoms with Crippen LogP contribution in [0, 0.1) is 0 Å². The highest BCUT2D eigenvalue weighted by molar-refractivity contribution is 7.03. The molecule has 0 spiro atoms. The SMILES string of the molecule is c1cc(-c2ncsn2)[nH]n1. The molecule has 2 rings (SSSR count). The Morgan fingerprint density at radius 3 is 3.10 bits per heavy atom. The molecule has 0 aliphatic rings. The van der Waals surface area contributed by atoms with Gasteiger partial charge in [0.1, 0.15) is 11.2 Å². The quantitative estimate of drug-likeness (QED) is 0.661. The third-order valence-corrected chi connectivity index (χ3v) is 1.58. The summed E-state index contributed by atoms with van der Waals surface area (Å²) in [5.41, 5.74) is 2.55. The smallest absolute Gasteiger partial charge is 0.190 e. The molecule has 4 nitrogen and oxygen atoms in total. The van der Waals surface area contributed by atoms with E-state index in [0.717, 1.165) is 5.69 Å². The van der Waals surface area contributed by atoms with Gasteiger partial charge in [0.2, 0.25) is 0 Å². The van der Waals surface area contributed by atoms with E-state index in [1.807, 2.05) is 6.07 Å². The van der Waals surface area contributed by atoms with Crippen LogP contribution in [0.2, 0.25) is 0 Å². The molecule has 0 amide bonds. The maximum absolute atomic E-state index is 4.02. The minimum atomic E-state index is 0.711. The maximum Gasteiger partial charge on any atom is 0.190 e. The molecule has 0 radical (unpaired) electrons. The molecule has 0 aliphatic heterocycles. The number of aromatic amines is 1. The molecule has 10 heavy (non-hydrogen) atoms. The van der Waals surface area contributed by atoms with Gasteiger partial charge in [0.05, 0.1) is 0 Å². The van der Waals surface area contributed by atoms with Gasteiger partial charge in [0.25, 0.3) is 0 Å². The Hall–Kier alpha value is -1.23. The lowest BCUT2D eigenvalue weighted by atomic mass is 10.4. The van der Waals surface area contributed by atoms with Crippen molar-refractivity contribution in [2.75, 3.05) is 0 Å². The molecular weight excluding hydrogens is 148 g/mol. The zero-order valence-electron chi connectivity index (χ0n) is 4.98. The fraction of sp³-hybridized carbons (Fsp3) is 0. The lowest BCUT2D eigenvalue weighted by Gasteiger charge is -1.82. The Bertz CT molecular complexity index is 253. The van der Waals surface area contributed by atoms with Crippen LogP contribution in [0.25, 0.3) is 11.5 Å². The number of H-pyrrole nitrogens is 1. The van der Waals surface area contributed by atoms with Crippen LogP contribution in [-0.4, -0.2) is 19.6 Å². The van der Waals surface area contributed by atoms with E-state index in [2.05, 4.69) is 19.6 Å². The first-order chi connectivity index (χ1) is 4.97. The average Bonchev–Trinajstić information content (AvgIpc) is 2.59. The van der Waals surface area contributed by atoms with E-state index >= 15 is 0 Å². The summed E-state index contributed by atoms with van der Waals surface area (Å²) in [5, 5.41) is 6.55. The van der Waals surface area contributed by atoms with Crippen molar-refractivity contribution >= 4 is 11.5 Å². The summed E-state index contributed by atoms with van der Waals surface area (Å²) in [4.78, 5) is 3.99. The number of nitrogens with one attached hydrogen (secondary N) is 1. The van der Waals surface area contributed by atoms with Crippen LogP contribution in [0.4, 0.5) is 0 Å². The van der Waals surface area contributed by atoms with Crippen molar-refractivity contribution in [3.63, 3.8) is 0 Å². The molecule has 2 aromatic heterocycles. The second-order valence-electron chi connectivity index (χ2n) is 1.73. The summed E-state index contributed by atoms with van der Waals surface area (Å²) in [6, 6.07) is 1.84. The number of rotatable bonds is 1. The zero-order chi connectivity index (χ0) is 6.81. The molecule has 0 fully saturated rings. The maximum atomic E-state index is 4.02. The Balaban J connectivity index is 2.48. The molecule has 0 atom stereocenters. The van der Waals surface area contributed by atoms with Crippen molar-refractivity contribution in [3.8, 4) is 11.5 Å². The van der Waals surface area contributed by atoms with Crippen molar-refractivity contribution in [2.24, 2.45) is 0 Å². The monoisotopic (exact) mass is 152 g/mol. The minimum Gasteiger partial charge on any atom is -0.275 e. The van der Waals surface area contributed by atoms with E-state index in [-0.39, 0.29) is 0 Å². The van der Waals surface area contributed by atoms with Crippen molar-refractivity contribution in [3.05, 3.63) is 17.8 Å². The standard InChI is InChI=1S/C5H4N4S/c1-2-7-8-4(1)5-6-3-10-9-5/h1-3H,(H,7,8). The summed E-state index contributed by atoms with van der Waals surface area (Å²) in [6.45, 7) is 0. The van der Waals surface area contributed by atoms with Crippen LogP contribution < -0.4 is 0 Å². The molecule has 0 aliphatic carbocycles. The summed E-state index contributed by atoms with van der Waals surface area (Å²) < 4.78 is 4.02. The van der Waals surface area contributed by atoms with Gasteiger partial charge in [0, 0.05) is 6.20 Å². The van der Waals surface area contributed by atoms with Gasteiger partial charge in [-0.05, 0) is 17.6 Å². The van der Waals surface area contributed by atoms with Crippen LogP contribution in [-0.2, 0) is 0 Å². The molecular formula is C5H4N4S. The Labute approximate surface area is 61.1 Å². The van der Waals surface area contributed by atoms with Gasteiger partial charge < -0.3 is 0 Å². The Kier molecular flexibility index (Phi) is 1.21. The van der Waals surface area contributed by atoms with E-state index in [1.165, 1.54) is 11.5 Å². The molecule has 5 heteroatoms. The number of hydrogen-bond donors (Lipinski definition) is 1. The minimum absolute atomic E-state index is 0.711. The van der Waals surface area contributed by atoms with Crippen LogP contribution in [0.3, 0.4) is 0 Å². The van der Waals surface area contributed by atoms with Crippen molar-refractivity contribution in [1.29, 1.82) is 0 Å². The Morgan fingerprint density at radius 1 is 1.50 bits per heavy atom. The fourth-order valence-corrected chi connectivity index (χ4v) is 1.11. The first-order valence-electron chi connectivity index (χ1n) is 2.73. The fourth-order valence-electron chi connectivity index (χ4n) is 0.670. The highest BCUT2D eigenvalue weighted by Crippen LogP contribution is 2.09. The van der Waals surface area contributed by atoms with Crippen LogP contribution in [0.1, 0.15) is 0 Å². The van der Waals surface area contributed by atoms with E-state index in [9.17, 15) is 0 Å². The summed E-state index contributed by atoms with van der Waals surface area (Å²) in [5.74, 6) is 0.711. The van der Waals surface area contributed by atoms with Crippen LogP contribution in [0.5, 0.6) is 0 Å². The average molecular weight is 152 g/mol. The first-order valence-corrected chi connectivity index (χ1v) is 3.56. The van der Waals surface area contributed by atoms with Crippen molar-refractivity contribution < 1.29 is 0 Å². The second kappa shape index (κ2) is 2.18. The van der Waals surface area contributed by atoms with Crippen molar-refractivity contribution in [1.82, 2.24) is 19.6 Å².